The van der Waals surface area contributed by atoms with Crippen molar-refractivity contribution in [3.8, 4) is 6.07 Å². The van der Waals surface area contributed by atoms with E-state index in [1.54, 1.807) is 0 Å². The van der Waals surface area contributed by atoms with Crippen LogP contribution in [0.3, 0.4) is 0 Å². The van der Waals surface area contributed by atoms with E-state index in [1.807, 2.05) is 20.8 Å². The van der Waals surface area contributed by atoms with Gasteiger partial charge in [-0.3, -0.25) is 10.1 Å². The first-order valence-corrected chi connectivity index (χ1v) is 10.5. The lowest BCUT2D eigenvalue weighted by Gasteiger charge is -2.37. The second-order valence-electron chi connectivity index (χ2n) is 9.03. The molecule has 0 unspecified atom stereocenters. The minimum absolute atomic E-state index is 0.0331. The van der Waals surface area contributed by atoms with Crippen molar-refractivity contribution in [3.05, 3.63) is 69.2 Å². The van der Waals surface area contributed by atoms with Crippen LogP contribution in [0.5, 0.6) is 0 Å². The maximum absolute atomic E-state index is 15.2. The Morgan fingerprint density at radius 1 is 1.26 bits per heavy atom. The quantitative estimate of drug-likeness (QED) is 0.607. The first-order chi connectivity index (χ1) is 14.4. The Morgan fingerprint density at radius 2 is 1.94 bits per heavy atom. The first-order valence-electron chi connectivity index (χ1n) is 9.72. The Hall–Kier alpha value is -2.20. The van der Waals surface area contributed by atoms with Crippen LogP contribution < -0.4 is 5.32 Å². The SMILES string of the molecule is CC(C)(C)C[C@@H]1N[C@@H](C(=O)O)[C@H](c2cccc(Cl)c2F)[C@]1(C#N)c1ccc(Cl)cc1F. The van der Waals surface area contributed by atoms with Crippen molar-refractivity contribution in [1.29, 1.82) is 5.26 Å². The number of carbonyl (C=O) groups is 1. The van der Waals surface area contributed by atoms with Crippen molar-refractivity contribution in [3.63, 3.8) is 0 Å². The van der Waals surface area contributed by atoms with Crippen molar-refractivity contribution in [2.75, 3.05) is 0 Å². The third kappa shape index (κ3) is 4.15. The van der Waals surface area contributed by atoms with Crippen molar-refractivity contribution in [2.45, 2.75) is 50.6 Å². The summed E-state index contributed by atoms with van der Waals surface area (Å²) in [6, 6.07) is 8.16. The Morgan fingerprint density at radius 3 is 2.48 bits per heavy atom. The maximum Gasteiger partial charge on any atom is 0.321 e. The van der Waals surface area contributed by atoms with Crippen LogP contribution in [0.2, 0.25) is 10.0 Å². The molecule has 0 radical (unpaired) electrons. The van der Waals surface area contributed by atoms with Crippen molar-refractivity contribution >= 4 is 29.2 Å². The van der Waals surface area contributed by atoms with Gasteiger partial charge in [-0.1, -0.05) is 62.2 Å². The van der Waals surface area contributed by atoms with Crippen LogP contribution in [0, 0.1) is 28.4 Å². The number of nitrogens with one attached hydrogen (secondary N) is 1. The van der Waals surface area contributed by atoms with E-state index in [9.17, 15) is 15.2 Å². The number of hydrogen-bond donors (Lipinski definition) is 2. The summed E-state index contributed by atoms with van der Waals surface area (Å²) in [7, 11) is 0. The van der Waals surface area contributed by atoms with Crippen LogP contribution in [0.1, 0.15) is 44.2 Å². The van der Waals surface area contributed by atoms with E-state index in [0.717, 1.165) is 6.07 Å². The summed E-state index contributed by atoms with van der Waals surface area (Å²) in [6.07, 6.45) is 0.338. The molecule has 0 amide bonds. The molecule has 4 nitrogen and oxygen atoms in total. The van der Waals surface area contributed by atoms with E-state index in [0.29, 0.717) is 6.42 Å². The molecule has 1 heterocycles. The molecule has 0 bridgehead atoms. The standard InChI is InChI=1S/C23H22Cl2F2N2O2/c1-22(2,3)10-17-23(11-28,14-8-7-12(24)9-16(14)26)18(20(29-17)21(30)31)13-5-4-6-15(25)19(13)27/h4-9,17-18,20,29H,10H2,1-3H3,(H,30,31)/t17-,18-,20+,23+/m0/s1. The fourth-order valence-electron chi connectivity index (χ4n) is 4.54. The number of carboxylic acid groups (broad SMARTS) is 1. The van der Waals surface area contributed by atoms with Gasteiger partial charge in [0, 0.05) is 22.5 Å². The summed E-state index contributed by atoms with van der Waals surface area (Å²) in [5.41, 5.74) is -2.15. The topological polar surface area (TPSA) is 73.1 Å². The third-order valence-corrected chi connectivity index (χ3v) is 6.24. The van der Waals surface area contributed by atoms with E-state index in [-0.39, 0.29) is 26.6 Å². The third-order valence-electron chi connectivity index (χ3n) is 5.72. The summed E-state index contributed by atoms with van der Waals surface area (Å²) < 4.78 is 30.3. The highest BCUT2D eigenvalue weighted by molar-refractivity contribution is 6.31. The first kappa shape index (κ1) is 23.5. The molecule has 164 valence electrons. The highest BCUT2D eigenvalue weighted by Crippen LogP contribution is 2.52. The van der Waals surface area contributed by atoms with Crippen molar-refractivity contribution in [1.82, 2.24) is 5.32 Å². The van der Waals surface area contributed by atoms with Gasteiger partial charge in [-0.15, -0.1) is 0 Å². The van der Waals surface area contributed by atoms with Gasteiger partial charge in [0.1, 0.15) is 23.1 Å². The van der Waals surface area contributed by atoms with Gasteiger partial charge in [0.15, 0.2) is 0 Å². The van der Waals surface area contributed by atoms with E-state index in [2.05, 4.69) is 11.4 Å². The number of benzene rings is 2. The molecule has 1 fully saturated rings. The zero-order valence-corrected chi connectivity index (χ0v) is 18.7. The lowest BCUT2D eigenvalue weighted by molar-refractivity contribution is -0.139. The molecule has 8 heteroatoms. The van der Waals surface area contributed by atoms with Crippen LogP contribution in [-0.2, 0) is 10.2 Å². The molecule has 31 heavy (non-hydrogen) atoms. The number of hydrogen-bond acceptors (Lipinski definition) is 3. The van der Waals surface area contributed by atoms with Gasteiger partial charge in [-0.25, -0.2) is 8.78 Å². The molecule has 1 aliphatic rings. The van der Waals surface area contributed by atoms with Gasteiger partial charge in [0.05, 0.1) is 11.1 Å². The Balaban J connectivity index is 2.38. The molecule has 0 spiro atoms. The minimum Gasteiger partial charge on any atom is -0.480 e. The summed E-state index contributed by atoms with van der Waals surface area (Å²) in [4.78, 5) is 12.2. The van der Waals surface area contributed by atoms with Gasteiger partial charge in [0.25, 0.3) is 0 Å². The second-order valence-corrected chi connectivity index (χ2v) is 9.87. The average molecular weight is 467 g/mol. The van der Waals surface area contributed by atoms with E-state index in [4.69, 9.17) is 23.2 Å². The molecule has 4 atom stereocenters. The molecule has 2 aromatic carbocycles. The molecule has 0 aromatic heterocycles. The molecule has 2 aromatic rings. The van der Waals surface area contributed by atoms with Crippen LogP contribution in [0.25, 0.3) is 0 Å². The molecular formula is C23H22Cl2F2N2O2. The highest BCUT2D eigenvalue weighted by atomic mass is 35.5. The summed E-state index contributed by atoms with van der Waals surface area (Å²) in [5.74, 6) is -4.09. The van der Waals surface area contributed by atoms with Crippen LogP contribution in [0.4, 0.5) is 8.78 Å². The van der Waals surface area contributed by atoms with Crippen LogP contribution in [0.15, 0.2) is 36.4 Å². The molecule has 0 aliphatic carbocycles. The van der Waals surface area contributed by atoms with Crippen LogP contribution in [-0.4, -0.2) is 23.2 Å². The van der Waals surface area contributed by atoms with Gasteiger partial charge in [-0.05, 0) is 35.6 Å². The summed E-state index contributed by atoms with van der Waals surface area (Å²) in [5, 5.41) is 23.4. The molecule has 2 N–H and O–H groups in total. The Bertz CT molecular complexity index is 1060. The summed E-state index contributed by atoms with van der Waals surface area (Å²) >= 11 is 11.9. The molecule has 1 saturated heterocycles. The maximum atomic E-state index is 15.2. The number of carboxylic acids is 1. The fraction of sp³-hybridized carbons (Fsp3) is 0.391. The minimum atomic E-state index is -1.73. The zero-order chi connectivity index (χ0) is 23.1. The van der Waals surface area contributed by atoms with Crippen LogP contribution >= 0.6 is 23.2 Å². The van der Waals surface area contributed by atoms with Crippen molar-refractivity contribution < 1.29 is 18.7 Å². The number of nitrogens with zero attached hydrogens (tertiary/aromatic N) is 1. The lowest BCUT2D eigenvalue weighted by atomic mass is 9.62. The predicted octanol–water partition coefficient (Wildman–Crippen LogP) is 5.68. The van der Waals surface area contributed by atoms with E-state index >= 15 is 8.78 Å². The second kappa shape index (κ2) is 8.38. The smallest absolute Gasteiger partial charge is 0.321 e. The zero-order valence-electron chi connectivity index (χ0n) is 17.2. The average Bonchev–Trinajstić information content (AvgIpc) is 2.97. The number of halogens is 4. The fourth-order valence-corrected chi connectivity index (χ4v) is 4.88. The van der Waals surface area contributed by atoms with Gasteiger partial charge >= 0.3 is 5.97 Å². The summed E-state index contributed by atoms with van der Waals surface area (Å²) in [6.45, 7) is 5.79. The Kier molecular flexibility index (Phi) is 6.35. The lowest BCUT2D eigenvalue weighted by Crippen LogP contribution is -2.44. The van der Waals surface area contributed by atoms with Crippen molar-refractivity contribution in [2.24, 2.45) is 5.41 Å². The molecular weight excluding hydrogens is 445 g/mol. The highest BCUT2D eigenvalue weighted by Gasteiger charge is 2.61. The van der Waals surface area contributed by atoms with E-state index in [1.165, 1.54) is 30.3 Å². The van der Waals surface area contributed by atoms with Gasteiger partial charge < -0.3 is 5.11 Å². The largest absolute Gasteiger partial charge is 0.480 e. The van der Waals surface area contributed by atoms with Gasteiger partial charge in [0.2, 0.25) is 0 Å². The number of rotatable bonds is 4. The van der Waals surface area contributed by atoms with E-state index < -0.39 is 41.0 Å². The Labute approximate surface area is 189 Å². The molecule has 0 saturated carbocycles. The normalized spacial score (nSPS) is 25.9. The predicted molar refractivity (Wildman–Crippen MR) is 115 cm³/mol. The monoisotopic (exact) mass is 466 g/mol. The molecule has 3 rings (SSSR count). The number of nitriles is 1. The molecule has 1 aliphatic heterocycles. The number of aliphatic carboxylic acids is 1. The van der Waals surface area contributed by atoms with Gasteiger partial charge in [-0.2, -0.15) is 5.26 Å².